The molecule has 0 aromatic heterocycles. The predicted octanol–water partition coefficient (Wildman–Crippen LogP) is 2.83. The number of carbonyl (C=O) groups excluding carboxylic acids is 3. The number of carbonyl (C=O) groups is 3. The fourth-order valence-electron chi connectivity index (χ4n) is 3.74. The van der Waals surface area contributed by atoms with Gasteiger partial charge in [-0.2, -0.15) is 8.78 Å². The van der Waals surface area contributed by atoms with Crippen molar-refractivity contribution in [1.29, 1.82) is 0 Å². The summed E-state index contributed by atoms with van der Waals surface area (Å²) in [6.07, 6.45) is 3.27. The maximum atomic E-state index is 12.8. The fourth-order valence-corrected chi connectivity index (χ4v) is 3.74. The topological polar surface area (TPSA) is 84.9 Å². The van der Waals surface area contributed by atoms with E-state index in [2.05, 4.69) is 10.1 Å². The highest BCUT2D eigenvalue weighted by Gasteiger charge is 2.55. The van der Waals surface area contributed by atoms with E-state index in [1.165, 1.54) is 24.3 Å². The molecule has 3 amide bonds. The number of halogens is 2. The highest BCUT2D eigenvalue weighted by atomic mass is 19.3. The minimum absolute atomic E-state index is 0.00342. The first-order valence-corrected chi connectivity index (χ1v) is 9.15. The van der Waals surface area contributed by atoms with E-state index >= 15 is 0 Å². The Labute approximate surface area is 161 Å². The van der Waals surface area contributed by atoms with Crippen molar-refractivity contribution < 1.29 is 32.6 Å². The van der Waals surface area contributed by atoms with Crippen molar-refractivity contribution in [2.75, 3.05) is 6.54 Å². The third kappa shape index (κ3) is 4.07. The van der Waals surface area contributed by atoms with Gasteiger partial charge in [0.2, 0.25) is 0 Å². The lowest BCUT2D eigenvalue weighted by molar-refractivity contribution is -0.149. The molecule has 2 unspecified atom stereocenters. The number of esters is 1. The van der Waals surface area contributed by atoms with Gasteiger partial charge in [-0.1, -0.05) is 31.9 Å². The van der Waals surface area contributed by atoms with Crippen LogP contribution in [0.4, 0.5) is 13.6 Å². The number of nitrogens with zero attached hydrogens (tertiary/aromatic N) is 1. The van der Waals surface area contributed by atoms with Gasteiger partial charge in [-0.05, 0) is 36.5 Å². The molecule has 1 spiro atoms. The minimum atomic E-state index is -2.91. The van der Waals surface area contributed by atoms with Gasteiger partial charge in [0, 0.05) is 0 Å². The number of alkyl halides is 2. The summed E-state index contributed by atoms with van der Waals surface area (Å²) in [5, 5.41) is 2.77. The van der Waals surface area contributed by atoms with Crippen LogP contribution in [0.3, 0.4) is 0 Å². The van der Waals surface area contributed by atoms with Gasteiger partial charge in [0.1, 0.15) is 24.4 Å². The molecule has 1 saturated carbocycles. The summed E-state index contributed by atoms with van der Waals surface area (Å²) in [7, 11) is 0. The summed E-state index contributed by atoms with van der Waals surface area (Å²) in [6, 6.07) is 5.06. The molecule has 1 aromatic rings. The van der Waals surface area contributed by atoms with Gasteiger partial charge >= 0.3 is 18.6 Å². The van der Waals surface area contributed by atoms with Crippen molar-refractivity contribution in [2.45, 2.75) is 51.4 Å². The van der Waals surface area contributed by atoms with Gasteiger partial charge < -0.3 is 14.8 Å². The minimum Gasteiger partial charge on any atom is -0.459 e. The van der Waals surface area contributed by atoms with E-state index < -0.39 is 30.7 Å². The molecule has 1 heterocycles. The van der Waals surface area contributed by atoms with Crippen molar-refractivity contribution in [3.63, 3.8) is 0 Å². The molecule has 1 aromatic carbocycles. The average Bonchev–Trinajstić information content (AvgIpc) is 2.88. The van der Waals surface area contributed by atoms with Crippen molar-refractivity contribution in [3.05, 3.63) is 29.8 Å². The van der Waals surface area contributed by atoms with Crippen LogP contribution in [0.25, 0.3) is 0 Å². The van der Waals surface area contributed by atoms with Gasteiger partial charge in [0.25, 0.3) is 5.91 Å². The quantitative estimate of drug-likeness (QED) is 0.590. The Morgan fingerprint density at radius 3 is 2.64 bits per heavy atom. The maximum absolute atomic E-state index is 12.8. The van der Waals surface area contributed by atoms with Crippen LogP contribution in [0.15, 0.2) is 24.3 Å². The van der Waals surface area contributed by atoms with E-state index in [0.717, 1.165) is 24.2 Å². The number of hydrogen-bond acceptors (Lipinski definition) is 5. The number of rotatable bonds is 6. The summed E-state index contributed by atoms with van der Waals surface area (Å²) in [5.41, 5.74) is -0.361. The summed E-state index contributed by atoms with van der Waals surface area (Å²) in [4.78, 5) is 38.1. The number of amides is 3. The van der Waals surface area contributed by atoms with Gasteiger partial charge in [-0.3, -0.25) is 14.5 Å². The first kappa shape index (κ1) is 20.0. The molecule has 2 atom stereocenters. The van der Waals surface area contributed by atoms with Crippen molar-refractivity contribution in [3.8, 4) is 5.75 Å². The maximum Gasteiger partial charge on any atom is 0.387 e. The van der Waals surface area contributed by atoms with Crippen molar-refractivity contribution in [2.24, 2.45) is 5.92 Å². The van der Waals surface area contributed by atoms with Crippen molar-refractivity contribution >= 4 is 17.9 Å². The van der Waals surface area contributed by atoms with Crippen molar-refractivity contribution in [1.82, 2.24) is 10.2 Å². The van der Waals surface area contributed by atoms with Gasteiger partial charge in [-0.15, -0.1) is 0 Å². The third-order valence-electron chi connectivity index (χ3n) is 5.34. The first-order valence-electron chi connectivity index (χ1n) is 9.15. The van der Waals surface area contributed by atoms with E-state index in [0.29, 0.717) is 12.0 Å². The molecular weight excluding hydrogens is 374 g/mol. The Hall–Kier alpha value is -2.71. The number of imide groups is 1. The van der Waals surface area contributed by atoms with Crippen LogP contribution in [0.2, 0.25) is 0 Å². The normalized spacial score (nSPS) is 24.6. The Morgan fingerprint density at radius 2 is 2.00 bits per heavy atom. The van der Waals surface area contributed by atoms with Gasteiger partial charge in [0.15, 0.2) is 0 Å². The molecule has 1 aliphatic heterocycles. The molecule has 2 fully saturated rings. The number of ether oxygens (including phenoxy) is 2. The summed E-state index contributed by atoms with van der Waals surface area (Å²) in [5.74, 6) is -1.10. The molecule has 0 radical (unpaired) electrons. The highest BCUT2D eigenvalue weighted by molar-refractivity contribution is 6.08. The predicted molar refractivity (Wildman–Crippen MR) is 93.5 cm³/mol. The number of urea groups is 1. The second-order valence-electron chi connectivity index (χ2n) is 7.12. The summed E-state index contributed by atoms with van der Waals surface area (Å²) >= 11 is 0. The zero-order valence-corrected chi connectivity index (χ0v) is 15.5. The van der Waals surface area contributed by atoms with Crippen LogP contribution in [0, 0.1) is 5.92 Å². The Balaban J connectivity index is 1.54. The lowest BCUT2D eigenvalue weighted by Gasteiger charge is -2.36. The average molecular weight is 396 g/mol. The van der Waals surface area contributed by atoms with E-state index in [1.54, 1.807) is 0 Å². The van der Waals surface area contributed by atoms with Gasteiger partial charge in [-0.25, -0.2) is 4.79 Å². The molecule has 1 saturated heterocycles. The Morgan fingerprint density at radius 1 is 1.29 bits per heavy atom. The van der Waals surface area contributed by atoms with E-state index in [9.17, 15) is 23.2 Å². The lowest BCUT2D eigenvalue weighted by atomic mass is 9.73. The largest absolute Gasteiger partial charge is 0.459 e. The van der Waals surface area contributed by atoms with Crippen LogP contribution < -0.4 is 10.1 Å². The van der Waals surface area contributed by atoms with Crippen LogP contribution >= 0.6 is 0 Å². The van der Waals surface area contributed by atoms with Crippen LogP contribution in [-0.2, 0) is 20.9 Å². The molecule has 0 bridgehead atoms. The summed E-state index contributed by atoms with van der Waals surface area (Å²) < 4.78 is 33.6. The molecule has 9 heteroatoms. The lowest BCUT2D eigenvalue weighted by Crippen LogP contribution is -2.54. The Kier molecular flexibility index (Phi) is 5.81. The molecular formula is C19H22F2N2O5. The van der Waals surface area contributed by atoms with Crippen LogP contribution in [-0.4, -0.2) is 41.5 Å². The second-order valence-corrected chi connectivity index (χ2v) is 7.12. The number of nitrogens with one attached hydrogen (secondary N) is 1. The molecule has 7 nitrogen and oxygen atoms in total. The van der Waals surface area contributed by atoms with Crippen LogP contribution in [0.5, 0.6) is 5.75 Å². The smallest absolute Gasteiger partial charge is 0.387 e. The van der Waals surface area contributed by atoms with E-state index in [1.807, 2.05) is 6.92 Å². The van der Waals surface area contributed by atoms with E-state index in [4.69, 9.17) is 4.74 Å². The Bertz CT molecular complexity index is 755. The van der Waals surface area contributed by atoms with Crippen LogP contribution in [0.1, 0.15) is 38.2 Å². The molecule has 152 valence electrons. The fraction of sp³-hybridized carbons (Fsp3) is 0.526. The standard InChI is InChI=1S/C19H22F2N2O5/c1-12-4-2-3-9-19(12)16(25)23(18(26)22-19)10-15(24)27-11-13-5-7-14(8-6-13)28-17(20)21/h5-8,12,17H,2-4,9-11H2,1H3,(H,22,26). The zero-order chi connectivity index (χ0) is 20.3. The molecule has 1 aliphatic carbocycles. The second kappa shape index (κ2) is 8.12. The third-order valence-corrected chi connectivity index (χ3v) is 5.34. The molecule has 2 aliphatic rings. The summed E-state index contributed by atoms with van der Waals surface area (Å²) in [6.45, 7) is -1.56. The molecule has 28 heavy (non-hydrogen) atoms. The SMILES string of the molecule is CC1CCCCC12NC(=O)N(CC(=O)OCc1ccc(OC(F)F)cc1)C2=O. The molecule has 3 rings (SSSR count). The molecule has 1 N–H and O–H groups in total. The number of hydrogen-bond donors (Lipinski definition) is 1. The monoisotopic (exact) mass is 396 g/mol. The first-order chi connectivity index (χ1) is 13.3. The van der Waals surface area contributed by atoms with E-state index in [-0.39, 0.29) is 24.2 Å². The highest BCUT2D eigenvalue weighted by Crippen LogP contribution is 2.38. The van der Waals surface area contributed by atoms with Gasteiger partial charge in [0.05, 0.1) is 0 Å². The number of benzene rings is 1. The zero-order valence-electron chi connectivity index (χ0n) is 15.5.